The van der Waals surface area contributed by atoms with E-state index in [-0.39, 0.29) is 22.9 Å². The number of hydroxylamine groups is 1. The molecule has 28 heavy (non-hydrogen) atoms. The third kappa shape index (κ3) is 2.00. The lowest BCUT2D eigenvalue weighted by molar-refractivity contribution is -1.00. The molecule has 4 aliphatic rings. The summed E-state index contributed by atoms with van der Waals surface area (Å²) < 4.78 is 10.7. The van der Waals surface area contributed by atoms with Crippen molar-refractivity contribution in [3.05, 3.63) is 35.0 Å². The van der Waals surface area contributed by atoms with Gasteiger partial charge in [0.15, 0.2) is 11.4 Å². The van der Waals surface area contributed by atoms with Crippen LogP contribution < -0.4 is 9.80 Å². The maximum absolute atomic E-state index is 13.0. The van der Waals surface area contributed by atoms with Crippen LogP contribution in [0.3, 0.4) is 0 Å². The van der Waals surface area contributed by atoms with Crippen LogP contribution in [0.15, 0.2) is 29.5 Å². The second-order valence-corrected chi connectivity index (χ2v) is 8.49. The molecular formula is C21H27N2O5+. The maximum atomic E-state index is 13.0. The highest BCUT2D eigenvalue weighted by Crippen LogP contribution is 2.60. The SMILES string of the molecule is COC(=O)C1=C2[NH+](O)c3c(OC)cccc3[C@@]23CCN2C[C@@H]([C@H](C)O)[C@@H]1C[C@H]23. The number of quaternary nitrogens is 1. The number of carbonyl (C=O) groups is 1. The largest absolute Gasteiger partial charge is 0.491 e. The fourth-order valence-corrected chi connectivity index (χ4v) is 6.47. The van der Waals surface area contributed by atoms with Gasteiger partial charge < -0.3 is 14.6 Å². The number of para-hydroxylation sites is 1. The third-order valence-electron chi connectivity index (χ3n) is 7.55. The molecule has 3 aliphatic heterocycles. The molecule has 0 radical (unpaired) electrons. The minimum Gasteiger partial charge on any atom is -0.491 e. The van der Waals surface area contributed by atoms with Crippen LogP contribution in [0.25, 0.3) is 0 Å². The predicted molar refractivity (Wildman–Crippen MR) is 99.4 cm³/mol. The van der Waals surface area contributed by atoms with Gasteiger partial charge in [-0.2, -0.15) is 0 Å². The number of aliphatic hydroxyl groups excluding tert-OH is 1. The lowest BCUT2D eigenvalue weighted by Gasteiger charge is -2.49. The van der Waals surface area contributed by atoms with Crippen LogP contribution in [0, 0.1) is 11.8 Å². The molecule has 1 aromatic rings. The fourth-order valence-electron chi connectivity index (χ4n) is 6.47. The molecule has 7 heteroatoms. The smallest absolute Gasteiger partial charge is 0.339 e. The van der Waals surface area contributed by atoms with Gasteiger partial charge in [-0.1, -0.05) is 12.1 Å². The average Bonchev–Trinajstić information content (AvgIpc) is 3.22. The van der Waals surface area contributed by atoms with E-state index < -0.39 is 17.5 Å². The Bertz CT molecular complexity index is 882. The first-order valence-electron chi connectivity index (χ1n) is 9.95. The normalized spacial score (nSPS) is 36.8. The molecule has 0 amide bonds. The van der Waals surface area contributed by atoms with E-state index >= 15 is 0 Å². The van der Waals surface area contributed by atoms with Crippen LogP contribution in [-0.2, 0) is 14.9 Å². The summed E-state index contributed by atoms with van der Waals surface area (Å²) in [5.74, 6) is 0.0300. The van der Waals surface area contributed by atoms with Crippen molar-refractivity contribution in [1.29, 1.82) is 0 Å². The number of hydrogen-bond acceptors (Lipinski definition) is 6. The Morgan fingerprint density at radius 3 is 2.86 bits per heavy atom. The Labute approximate surface area is 164 Å². The van der Waals surface area contributed by atoms with Crippen molar-refractivity contribution in [1.82, 2.24) is 4.90 Å². The Morgan fingerprint density at radius 2 is 2.18 bits per heavy atom. The topological polar surface area (TPSA) is 83.7 Å². The molecule has 0 aromatic heterocycles. The van der Waals surface area contributed by atoms with Gasteiger partial charge in [-0.05, 0) is 32.4 Å². The lowest BCUT2D eigenvalue weighted by atomic mass is 9.60. The van der Waals surface area contributed by atoms with Crippen molar-refractivity contribution in [2.75, 3.05) is 27.3 Å². The summed E-state index contributed by atoms with van der Waals surface area (Å²) >= 11 is 0. The highest BCUT2D eigenvalue weighted by atomic mass is 16.5. The van der Waals surface area contributed by atoms with Crippen molar-refractivity contribution in [3.8, 4) is 5.75 Å². The molecule has 1 aliphatic carbocycles. The number of nitrogens with one attached hydrogen (secondary N) is 1. The van der Waals surface area contributed by atoms with Gasteiger partial charge in [-0.3, -0.25) is 4.90 Å². The molecular weight excluding hydrogens is 360 g/mol. The highest BCUT2D eigenvalue weighted by Gasteiger charge is 2.69. The first kappa shape index (κ1) is 18.1. The van der Waals surface area contributed by atoms with Crippen LogP contribution in [0.2, 0.25) is 0 Å². The lowest BCUT2D eigenvalue weighted by Crippen LogP contribution is -3.03. The van der Waals surface area contributed by atoms with E-state index in [1.54, 1.807) is 14.0 Å². The number of hydrogen-bond donors (Lipinski definition) is 3. The van der Waals surface area contributed by atoms with Gasteiger partial charge in [-0.25, -0.2) is 10.0 Å². The first-order chi connectivity index (χ1) is 13.5. The fraction of sp³-hybridized carbons (Fsp3) is 0.571. The quantitative estimate of drug-likeness (QED) is 0.651. The molecule has 5 rings (SSSR count). The third-order valence-corrected chi connectivity index (χ3v) is 7.55. The summed E-state index contributed by atoms with van der Waals surface area (Å²) in [6.07, 6.45) is 1.07. The minimum atomic E-state index is -0.542. The van der Waals surface area contributed by atoms with Crippen molar-refractivity contribution < 1.29 is 29.6 Å². The van der Waals surface area contributed by atoms with Gasteiger partial charge in [0, 0.05) is 30.0 Å². The van der Waals surface area contributed by atoms with E-state index in [4.69, 9.17) is 9.47 Å². The second-order valence-electron chi connectivity index (χ2n) is 8.49. The zero-order valence-electron chi connectivity index (χ0n) is 16.4. The number of benzene rings is 1. The zero-order chi connectivity index (χ0) is 19.8. The van der Waals surface area contributed by atoms with E-state index in [9.17, 15) is 15.1 Å². The van der Waals surface area contributed by atoms with Crippen LogP contribution >= 0.6 is 0 Å². The number of esters is 1. The van der Waals surface area contributed by atoms with Gasteiger partial charge in [-0.15, -0.1) is 5.06 Å². The number of nitrogens with zero attached hydrogens (tertiary/aromatic N) is 1. The monoisotopic (exact) mass is 387 g/mol. The van der Waals surface area contributed by atoms with E-state index in [1.807, 2.05) is 12.1 Å². The van der Waals surface area contributed by atoms with Crippen molar-refractivity contribution in [2.45, 2.75) is 37.3 Å². The summed E-state index contributed by atoms with van der Waals surface area (Å²) in [7, 11) is 2.98. The molecule has 3 heterocycles. The summed E-state index contributed by atoms with van der Waals surface area (Å²) in [6, 6.07) is 6.06. The zero-order valence-corrected chi connectivity index (χ0v) is 16.4. The van der Waals surface area contributed by atoms with Crippen molar-refractivity contribution in [3.63, 3.8) is 0 Å². The number of fused-ring (bicyclic) bond motifs is 2. The number of piperidine rings is 1. The number of rotatable bonds is 3. The number of carbonyl (C=O) groups excluding carboxylic acids is 1. The molecule has 150 valence electrons. The summed E-state index contributed by atoms with van der Waals surface area (Å²) in [5, 5.41) is 22.0. The van der Waals surface area contributed by atoms with E-state index in [2.05, 4.69) is 11.0 Å². The Kier molecular flexibility index (Phi) is 3.90. The van der Waals surface area contributed by atoms with Crippen LogP contribution in [-0.4, -0.2) is 60.6 Å². The summed E-state index contributed by atoms with van der Waals surface area (Å²) in [4.78, 5) is 15.4. The molecule has 2 saturated heterocycles. The first-order valence-corrected chi connectivity index (χ1v) is 9.95. The van der Waals surface area contributed by atoms with Crippen molar-refractivity contribution >= 4 is 11.7 Å². The molecule has 7 nitrogen and oxygen atoms in total. The number of ether oxygens (including phenoxy) is 2. The van der Waals surface area contributed by atoms with E-state index in [0.717, 1.165) is 31.5 Å². The average molecular weight is 387 g/mol. The molecule has 0 saturated carbocycles. The molecule has 2 bridgehead atoms. The van der Waals surface area contributed by atoms with Crippen LogP contribution in [0.1, 0.15) is 25.3 Å². The van der Waals surface area contributed by atoms with Gasteiger partial charge >= 0.3 is 5.97 Å². The second kappa shape index (κ2) is 6.03. The standard InChI is InChI=1S/C21H26N2O5/c1-11(24)13-10-22-8-7-21-14-5-4-6-15(27-2)18(14)23(26)19(21)17(20(25)28-3)12(13)9-16(21)22/h4-6,11-13,16,24,26H,7-10H2,1-3H3/p+1/t11-,12-,13-,16-,21+/m0/s1. The number of methoxy groups -OCH3 is 2. The van der Waals surface area contributed by atoms with Gasteiger partial charge in [0.2, 0.25) is 5.69 Å². The molecule has 1 spiro atoms. The highest BCUT2D eigenvalue weighted by molar-refractivity contribution is 5.91. The van der Waals surface area contributed by atoms with Gasteiger partial charge in [0.05, 0.1) is 25.7 Å². The Balaban J connectivity index is 1.83. The van der Waals surface area contributed by atoms with Gasteiger partial charge in [0.1, 0.15) is 5.57 Å². The molecule has 1 aromatic carbocycles. The molecule has 1 unspecified atom stereocenters. The summed E-state index contributed by atoms with van der Waals surface area (Å²) in [6.45, 7) is 3.42. The van der Waals surface area contributed by atoms with Crippen LogP contribution in [0.4, 0.5) is 5.69 Å². The van der Waals surface area contributed by atoms with E-state index in [1.165, 1.54) is 7.11 Å². The number of aliphatic hydroxyl groups is 1. The van der Waals surface area contributed by atoms with E-state index in [0.29, 0.717) is 22.7 Å². The Hall–Kier alpha value is -1.93. The van der Waals surface area contributed by atoms with Crippen LogP contribution in [0.5, 0.6) is 5.75 Å². The summed E-state index contributed by atoms with van der Waals surface area (Å²) in [5.41, 5.74) is 2.57. The van der Waals surface area contributed by atoms with Gasteiger partial charge in [0.25, 0.3) is 0 Å². The predicted octanol–water partition coefficient (Wildman–Crippen LogP) is 0.384. The Morgan fingerprint density at radius 1 is 1.39 bits per heavy atom. The molecule has 6 atom stereocenters. The molecule has 2 fully saturated rings. The van der Waals surface area contributed by atoms with Crippen molar-refractivity contribution in [2.24, 2.45) is 11.8 Å². The molecule has 3 N–H and O–H groups in total. The maximum Gasteiger partial charge on any atom is 0.339 e. The minimum absolute atomic E-state index is 0.0626.